The van der Waals surface area contributed by atoms with Gasteiger partial charge < -0.3 is 4.57 Å². The van der Waals surface area contributed by atoms with Crippen LogP contribution in [0, 0.1) is 0 Å². The molecule has 0 unspecified atom stereocenters. The Morgan fingerprint density at radius 1 is 1.25 bits per heavy atom. The first-order valence-corrected chi connectivity index (χ1v) is 9.26. The van der Waals surface area contributed by atoms with Crippen LogP contribution in [0.3, 0.4) is 0 Å². The topological polar surface area (TPSA) is 17.8 Å². The van der Waals surface area contributed by atoms with E-state index in [2.05, 4.69) is 21.9 Å². The lowest BCUT2D eigenvalue weighted by Gasteiger charge is -2.08. The van der Waals surface area contributed by atoms with E-state index in [9.17, 15) is 0 Å². The van der Waals surface area contributed by atoms with Crippen molar-refractivity contribution >= 4 is 46.0 Å². The smallest absolute Gasteiger partial charge is 0.111 e. The van der Waals surface area contributed by atoms with E-state index >= 15 is 0 Å². The normalized spacial score (nSPS) is 11.3. The number of aromatic nitrogens is 2. The van der Waals surface area contributed by atoms with Gasteiger partial charge in [-0.2, -0.15) is 11.8 Å². The van der Waals surface area contributed by atoms with Gasteiger partial charge in [-0.1, -0.05) is 18.0 Å². The fourth-order valence-corrected chi connectivity index (χ4v) is 3.20. The van der Waals surface area contributed by atoms with Crippen LogP contribution >= 0.6 is 35.0 Å². The van der Waals surface area contributed by atoms with Crippen molar-refractivity contribution < 1.29 is 0 Å². The van der Waals surface area contributed by atoms with Gasteiger partial charge >= 0.3 is 0 Å². The molecule has 20 heavy (non-hydrogen) atoms. The van der Waals surface area contributed by atoms with Crippen molar-refractivity contribution in [1.82, 2.24) is 9.55 Å². The van der Waals surface area contributed by atoms with Gasteiger partial charge in [0.25, 0.3) is 0 Å². The van der Waals surface area contributed by atoms with Crippen LogP contribution in [0.15, 0.2) is 18.2 Å². The molecule has 0 saturated carbocycles. The Hall–Kier alpha value is -0.380. The van der Waals surface area contributed by atoms with Crippen molar-refractivity contribution in [3.05, 3.63) is 29.0 Å². The first-order chi connectivity index (χ1) is 9.76. The average Bonchev–Trinajstić information content (AvgIpc) is 2.76. The summed E-state index contributed by atoms with van der Waals surface area (Å²) in [5, 5.41) is 0.736. The van der Waals surface area contributed by atoms with E-state index in [0.29, 0.717) is 5.88 Å². The molecule has 2 rings (SSSR count). The summed E-state index contributed by atoms with van der Waals surface area (Å²) in [5.74, 6) is 2.92. The number of imidazole rings is 1. The zero-order valence-corrected chi connectivity index (χ0v) is 14.1. The SMILES string of the molecule is CSCCCCCn1c(CCCl)nc2cc(Cl)ccc21. The first kappa shape index (κ1) is 16.0. The largest absolute Gasteiger partial charge is 0.328 e. The molecule has 0 saturated heterocycles. The quantitative estimate of drug-likeness (QED) is 0.500. The van der Waals surface area contributed by atoms with Crippen molar-refractivity contribution in [3.8, 4) is 0 Å². The monoisotopic (exact) mass is 330 g/mol. The minimum Gasteiger partial charge on any atom is -0.328 e. The van der Waals surface area contributed by atoms with E-state index in [1.165, 1.54) is 30.5 Å². The van der Waals surface area contributed by atoms with Crippen LogP contribution in [0.25, 0.3) is 11.0 Å². The van der Waals surface area contributed by atoms with Gasteiger partial charge in [-0.3, -0.25) is 0 Å². The molecule has 1 aromatic carbocycles. The molecule has 1 aromatic heterocycles. The molecular weight excluding hydrogens is 311 g/mol. The lowest BCUT2D eigenvalue weighted by Crippen LogP contribution is -2.05. The third kappa shape index (κ3) is 4.06. The number of hydrogen-bond acceptors (Lipinski definition) is 2. The Morgan fingerprint density at radius 3 is 2.85 bits per heavy atom. The van der Waals surface area contributed by atoms with Crippen molar-refractivity contribution in [3.63, 3.8) is 0 Å². The number of alkyl halides is 1. The van der Waals surface area contributed by atoms with Gasteiger partial charge in [-0.15, -0.1) is 11.6 Å². The van der Waals surface area contributed by atoms with E-state index < -0.39 is 0 Å². The second kappa shape index (κ2) is 8.16. The second-order valence-electron chi connectivity index (χ2n) is 4.81. The van der Waals surface area contributed by atoms with Crippen LogP contribution in [0.2, 0.25) is 5.02 Å². The molecule has 0 fully saturated rings. The Balaban J connectivity index is 2.13. The fraction of sp³-hybridized carbons (Fsp3) is 0.533. The number of halogens is 2. The van der Waals surface area contributed by atoms with E-state index in [1.54, 1.807) is 0 Å². The van der Waals surface area contributed by atoms with Gasteiger partial charge in [-0.05, 0) is 43.0 Å². The number of nitrogens with zero attached hydrogens (tertiary/aromatic N) is 2. The summed E-state index contributed by atoms with van der Waals surface area (Å²) in [4.78, 5) is 4.67. The summed E-state index contributed by atoms with van der Waals surface area (Å²) in [6.07, 6.45) is 6.69. The van der Waals surface area contributed by atoms with Crippen LogP contribution < -0.4 is 0 Å². The molecule has 5 heteroatoms. The molecule has 0 N–H and O–H groups in total. The molecule has 0 aliphatic carbocycles. The third-order valence-corrected chi connectivity index (χ3v) is 4.46. The minimum atomic E-state index is 0.601. The standard InChI is InChI=1S/C15H20Cl2N2S/c1-20-10-4-2-3-9-19-14-6-5-12(17)11-13(14)18-15(19)7-8-16/h5-6,11H,2-4,7-10H2,1H3. The lowest BCUT2D eigenvalue weighted by atomic mass is 10.2. The first-order valence-electron chi connectivity index (χ1n) is 6.96. The molecular formula is C15H20Cl2N2S. The summed E-state index contributed by atoms with van der Waals surface area (Å²) < 4.78 is 2.30. The molecule has 0 radical (unpaired) electrons. The molecule has 0 aliphatic rings. The van der Waals surface area contributed by atoms with Gasteiger partial charge in [-0.25, -0.2) is 4.98 Å². The molecule has 0 spiro atoms. The summed E-state index contributed by atoms with van der Waals surface area (Å²) in [6, 6.07) is 5.92. The third-order valence-electron chi connectivity index (χ3n) is 3.34. The maximum absolute atomic E-state index is 6.04. The van der Waals surface area contributed by atoms with Crippen LogP contribution in [0.5, 0.6) is 0 Å². The molecule has 110 valence electrons. The molecule has 0 amide bonds. The summed E-state index contributed by atoms with van der Waals surface area (Å²) in [6.45, 7) is 1.01. The van der Waals surface area contributed by atoms with Crippen LogP contribution in [0.1, 0.15) is 25.1 Å². The highest BCUT2D eigenvalue weighted by atomic mass is 35.5. The number of unbranched alkanes of at least 4 members (excludes halogenated alkanes) is 2. The van der Waals surface area contributed by atoms with Crippen LogP contribution in [-0.4, -0.2) is 27.4 Å². The highest BCUT2D eigenvalue weighted by Crippen LogP contribution is 2.22. The Morgan fingerprint density at radius 2 is 2.10 bits per heavy atom. The van der Waals surface area contributed by atoms with Crippen molar-refractivity contribution in [2.45, 2.75) is 32.2 Å². The van der Waals surface area contributed by atoms with Gasteiger partial charge in [0.2, 0.25) is 0 Å². The van der Waals surface area contributed by atoms with Gasteiger partial charge in [0, 0.05) is 23.9 Å². The highest BCUT2D eigenvalue weighted by Gasteiger charge is 2.10. The number of hydrogen-bond donors (Lipinski definition) is 0. The van der Waals surface area contributed by atoms with E-state index in [0.717, 1.165) is 29.3 Å². The Labute approximate surface area is 134 Å². The number of thioether (sulfide) groups is 1. The number of fused-ring (bicyclic) bond motifs is 1. The lowest BCUT2D eigenvalue weighted by molar-refractivity contribution is 0.596. The summed E-state index contributed by atoms with van der Waals surface area (Å²) >= 11 is 13.8. The molecule has 2 aromatic rings. The minimum absolute atomic E-state index is 0.601. The van der Waals surface area contributed by atoms with Crippen LogP contribution in [-0.2, 0) is 13.0 Å². The molecule has 2 nitrogen and oxygen atoms in total. The maximum Gasteiger partial charge on any atom is 0.111 e. The summed E-state index contributed by atoms with van der Waals surface area (Å²) in [7, 11) is 0. The molecule has 1 heterocycles. The van der Waals surface area contributed by atoms with Crippen molar-refractivity contribution in [1.29, 1.82) is 0 Å². The Bertz CT molecular complexity index is 554. The number of benzene rings is 1. The second-order valence-corrected chi connectivity index (χ2v) is 6.61. The zero-order chi connectivity index (χ0) is 14.4. The van der Waals surface area contributed by atoms with Crippen molar-refractivity contribution in [2.24, 2.45) is 0 Å². The average molecular weight is 331 g/mol. The maximum atomic E-state index is 6.04. The number of rotatable bonds is 8. The van der Waals surface area contributed by atoms with E-state index in [4.69, 9.17) is 23.2 Å². The van der Waals surface area contributed by atoms with E-state index in [1.807, 2.05) is 23.9 Å². The molecule has 0 bridgehead atoms. The highest BCUT2D eigenvalue weighted by molar-refractivity contribution is 7.98. The predicted octanol–water partition coefficient (Wildman–Crippen LogP) is 5.00. The van der Waals surface area contributed by atoms with Gasteiger partial charge in [0.1, 0.15) is 5.82 Å². The zero-order valence-electron chi connectivity index (χ0n) is 11.7. The summed E-state index contributed by atoms with van der Waals surface area (Å²) in [5.41, 5.74) is 2.14. The van der Waals surface area contributed by atoms with Gasteiger partial charge in [0.05, 0.1) is 11.0 Å². The van der Waals surface area contributed by atoms with Gasteiger partial charge in [0.15, 0.2) is 0 Å². The van der Waals surface area contributed by atoms with E-state index in [-0.39, 0.29) is 0 Å². The Kier molecular flexibility index (Phi) is 6.53. The predicted molar refractivity (Wildman–Crippen MR) is 91.4 cm³/mol. The van der Waals surface area contributed by atoms with Crippen LogP contribution in [0.4, 0.5) is 0 Å². The number of aryl methyl sites for hydroxylation is 2. The molecule has 0 aliphatic heterocycles. The fourth-order valence-electron chi connectivity index (χ4n) is 2.37. The van der Waals surface area contributed by atoms with Crippen molar-refractivity contribution in [2.75, 3.05) is 17.9 Å². The molecule has 0 atom stereocenters.